The molecule has 1 amide bonds. The van der Waals surface area contributed by atoms with Gasteiger partial charge in [0.05, 0.1) is 17.0 Å². The minimum Gasteiger partial charge on any atom is -0.349 e. The van der Waals surface area contributed by atoms with E-state index in [9.17, 15) is 14.0 Å². The molecule has 0 unspecified atom stereocenters. The van der Waals surface area contributed by atoms with Crippen LogP contribution in [0.4, 0.5) is 4.39 Å². The van der Waals surface area contributed by atoms with E-state index >= 15 is 0 Å². The van der Waals surface area contributed by atoms with Crippen LogP contribution in [-0.2, 0) is 6.54 Å². The van der Waals surface area contributed by atoms with Crippen LogP contribution < -0.4 is 10.9 Å². The van der Waals surface area contributed by atoms with Crippen molar-refractivity contribution in [1.29, 1.82) is 0 Å². The summed E-state index contributed by atoms with van der Waals surface area (Å²) in [5.74, 6) is -0.479. The van der Waals surface area contributed by atoms with E-state index in [-0.39, 0.29) is 23.3 Å². The Bertz CT molecular complexity index is 1050. The first-order chi connectivity index (χ1) is 14.6. The number of hydrogen-bond donors (Lipinski definition) is 2. The minimum atomic E-state index is -0.321. The van der Waals surface area contributed by atoms with Crippen LogP contribution in [0.15, 0.2) is 59.5 Å². The molecule has 3 aromatic rings. The second-order valence-electron chi connectivity index (χ2n) is 7.38. The summed E-state index contributed by atoms with van der Waals surface area (Å²) in [7, 11) is 0. The predicted molar refractivity (Wildman–Crippen MR) is 110 cm³/mol. The van der Waals surface area contributed by atoms with Crippen molar-refractivity contribution in [3.8, 4) is 11.3 Å². The number of halogens is 1. The molecule has 1 aliphatic rings. The smallest absolute Gasteiger partial charge is 0.264 e. The quantitative estimate of drug-likeness (QED) is 0.678. The molecule has 2 aromatic heterocycles. The van der Waals surface area contributed by atoms with Gasteiger partial charge in [-0.05, 0) is 43.2 Å². The highest BCUT2D eigenvalue weighted by atomic mass is 19.1. The molecule has 30 heavy (non-hydrogen) atoms. The number of nitrogens with zero attached hydrogens (tertiary/aromatic N) is 3. The van der Waals surface area contributed by atoms with E-state index in [0.29, 0.717) is 23.4 Å². The average molecular weight is 407 g/mol. The summed E-state index contributed by atoms with van der Waals surface area (Å²) < 4.78 is 13.4. The number of amides is 1. The third-order valence-electron chi connectivity index (χ3n) is 5.19. The summed E-state index contributed by atoms with van der Waals surface area (Å²) in [5.41, 5.74) is 2.39. The van der Waals surface area contributed by atoms with Crippen LogP contribution in [0.1, 0.15) is 28.9 Å². The second-order valence-corrected chi connectivity index (χ2v) is 7.38. The third-order valence-corrected chi connectivity index (χ3v) is 5.19. The van der Waals surface area contributed by atoms with Gasteiger partial charge < -0.3 is 5.32 Å². The van der Waals surface area contributed by atoms with Crippen LogP contribution in [0.25, 0.3) is 11.3 Å². The van der Waals surface area contributed by atoms with Gasteiger partial charge in [0, 0.05) is 43.5 Å². The zero-order valence-corrected chi connectivity index (χ0v) is 16.3. The Balaban J connectivity index is 1.29. The lowest BCUT2D eigenvalue weighted by Gasteiger charge is -2.32. The van der Waals surface area contributed by atoms with Gasteiger partial charge in [-0.15, -0.1) is 0 Å². The van der Waals surface area contributed by atoms with Crippen molar-refractivity contribution in [3.05, 3.63) is 82.2 Å². The van der Waals surface area contributed by atoms with Crippen molar-refractivity contribution in [1.82, 2.24) is 25.4 Å². The fourth-order valence-electron chi connectivity index (χ4n) is 3.54. The lowest BCUT2D eigenvalue weighted by atomic mass is 10.0. The maximum Gasteiger partial charge on any atom is 0.264 e. The molecular formula is C22H22FN5O2. The second kappa shape index (κ2) is 8.96. The number of rotatable bonds is 5. The van der Waals surface area contributed by atoms with Gasteiger partial charge in [-0.2, -0.15) is 5.10 Å². The number of nitrogens with one attached hydrogen (secondary N) is 2. The Morgan fingerprint density at radius 2 is 2.00 bits per heavy atom. The van der Waals surface area contributed by atoms with Crippen molar-refractivity contribution in [3.63, 3.8) is 0 Å². The Morgan fingerprint density at radius 1 is 1.17 bits per heavy atom. The number of piperidine rings is 1. The van der Waals surface area contributed by atoms with Crippen molar-refractivity contribution in [2.75, 3.05) is 13.1 Å². The molecule has 8 heteroatoms. The first-order valence-electron chi connectivity index (χ1n) is 9.87. The number of likely N-dealkylation sites (tertiary alicyclic amines) is 1. The zero-order valence-electron chi connectivity index (χ0n) is 16.3. The highest BCUT2D eigenvalue weighted by molar-refractivity contribution is 5.94. The SMILES string of the molecule is O=C(NC1CCN(Cc2ccc(=O)[nH]n2)CC1)c1ccc(-c2cccc(F)c2)nc1. The standard InChI is InChI=1S/C22H22FN5O2/c23-17-3-1-2-15(12-17)20-6-4-16(13-24-20)22(30)25-18-8-10-28(11-9-18)14-19-5-7-21(29)27-26-19/h1-7,12-13,18H,8-11,14H2,(H,25,30)(H,27,29). The molecule has 7 nitrogen and oxygen atoms in total. The fourth-order valence-corrected chi connectivity index (χ4v) is 3.54. The van der Waals surface area contributed by atoms with Gasteiger partial charge in [0.1, 0.15) is 5.82 Å². The van der Waals surface area contributed by atoms with E-state index in [0.717, 1.165) is 31.6 Å². The van der Waals surface area contributed by atoms with Crippen LogP contribution in [0.5, 0.6) is 0 Å². The van der Waals surface area contributed by atoms with Crippen molar-refractivity contribution in [2.24, 2.45) is 0 Å². The molecule has 3 heterocycles. The molecule has 0 atom stereocenters. The monoisotopic (exact) mass is 407 g/mol. The van der Waals surface area contributed by atoms with Gasteiger partial charge in [0.2, 0.25) is 0 Å². The normalized spacial score (nSPS) is 15.1. The van der Waals surface area contributed by atoms with E-state index in [1.165, 1.54) is 24.4 Å². The van der Waals surface area contributed by atoms with Gasteiger partial charge in [-0.3, -0.25) is 19.5 Å². The first kappa shape index (κ1) is 19.9. The summed E-state index contributed by atoms with van der Waals surface area (Å²) in [5, 5.41) is 9.55. The van der Waals surface area contributed by atoms with E-state index in [2.05, 4.69) is 25.4 Å². The molecule has 2 N–H and O–H groups in total. The van der Waals surface area contributed by atoms with Crippen LogP contribution >= 0.6 is 0 Å². The molecule has 1 aliphatic heterocycles. The molecule has 0 spiro atoms. The molecule has 154 valence electrons. The Morgan fingerprint density at radius 3 is 2.67 bits per heavy atom. The van der Waals surface area contributed by atoms with E-state index in [4.69, 9.17) is 0 Å². The molecule has 4 rings (SSSR count). The number of pyridine rings is 1. The summed E-state index contributed by atoms with van der Waals surface area (Å²) in [4.78, 5) is 30.2. The Labute approximate surface area is 173 Å². The van der Waals surface area contributed by atoms with E-state index in [1.54, 1.807) is 30.3 Å². The molecule has 0 radical (unpaired) electrons. The highest BCUT2D eigenvalue weighted by Crippen LogP contribution is 2.18. The molecular weight excluding hydrogens is 385 g/mol. The number of carbonyl (C=O) groups excluding carboxylic acids is 1. The largest absolute Gasteiger partial charge is 0.349 e. The molecule has 1 aromatic carbocycles. The number of benzene rings is 1. The molecule has 0 aliphatic carbocycles. The van der Waals surface area contributed by atoms with Gasteiger partial charge in [0.15, 0.2) is 0 Å². The molecule has 0 saturated carbocycles. The topological polar surface area (TPSA) is 91.0 Å². The number of aromatic nitrogens is 3. The first-order valence-corrected chi connectivity index (χ1v) is 9.87. The van der Waals surface area contributed by atoms with Crippen LogP contribution in [0.2, 0.25) is 0 Å². The zero-order chi connectivity index (χ0) is 20.9. The van der Waals surface area contributed by atoms with Crippen LogP contribution in [-0.4, -0.2) is 45.1 Å². The fraction of sp³-hybridized carbons (Fsp3) is 0.273. The number of aromatic amines is 1. The van der Waals surface area contributed by atoms with Crippen molar-refractivity contribution < 1.29 is 9.18 Å². The summed E-state index contributed by atoms with van der Waals surface area (Å²) >= 11 is 0. The number of carbonyl (C=O) groups is 1. The summed E-state index contributed by atoms with van der Waals surface area (Å²) in [6.07, 6.45) is 3.19. The van der Waals surface area contributed by atoms with Crippen molar-refractivity contribution in [2.45, 2.75) is 25.4 Å². The van der Waals surface area contributed by atoms with Gasteiger partial charge in [-0.1, -0.05) is 12.1 Å². The van der Waals surface area contributed by atoms with Gasteiger partial charge >= 0.3 is 0 Å². The number of hydrogen-bond acceptors (Lipinski definition) is 5. The molecule has 1 fully saturated rings. The number of H-pyrrole nitrogens is 1. The van der Waals surface area contributed by atoms with Crippen LogP contribution in [0.3, 0.4) is 0 Å². The summed E-state index contributed by atoms with van der Waals surface area (Å²) in [6, 6.07) is 12.9. The van der Waals surface area contributed by atoms with Gasteiger partial charge in [-0.25, -0.2) is 9.49 Å². The Kier molecular flexibility index (Phi) is 5.94. The lowest BCUT2D eigenvalue weighted by molar-refractivity contribution is 0.0908. The maximum absolute atomic E-state index is 13.4. The maximum atomic E-state index is 13.4. The third kappa shape index (κ3) is 4.96. The lowest BCUT2D eigenvalue weighted by Crippen LogP contribution is -2.44. The highest BCUT2D eigenvalue weighted by Gasteiger charge is 2.21. The van der Waals surface area contributed by atoms with Crippen molar-refractivity contribution >= 4 is 5.91 Å². The molecule has 1 saturated heterocycles. The average Bonchev–Trinajstić information content (AvgIpc) is 2.77. The Hall–Kier alpha value is -3.39. The summed E-state index contributed by atoms with van der Waals surface area (Å²) in [6.45, 7) is 2.34. The predicted octanol–water partition coefficient (Wildman–Crippen LogP) is 2.37. The molecule has 0 bridgehead atoms. The van der Waals surface area contributed by atoms with Crippen LogP contribution in [0, 0.1) is 5.82 Å². The minimum absolute atomic E-state index is 0.0974. The van der Waals surface area contributed by atoms with E-state index in [1.807, 2.05) is 0 Å². The van der Waals surface area contributed by atoms with Gasteiger partial charge in [0.25, 0.3) is 11.5 Å². The van der Waals surface area contributed by atoms with E-state index < -0.39 is 0 Å².